The second-order valence-electron chi connectivity index (χ2n) is 4.14. The number of carbonyl (C=O) groups is 1. The summed E-state index contributed by atoms with van der Waals surface area (Å²) in [6.45, 7) is 2.64. The molecule has 0 bridgehead atoms. The van der Waals surface area contributed by atoms with Crippen LogP contribution in [0.15, 0.2) is 18.2 Å². The first kappa shape index (κ1) is 15.4. The third kappa shape index (κ3) is 5.68. The molecule has 3 nitrogen and oxygen atoms in total. The van der Waals surface area contributed by atoms with Crippen LogP contribution >= 0.6 is 0 Å². The maximum Gasteiger partial charge on any atom is 0.305 e. The van der Waals surface area contributed by atoms with Gasteiger partial charge in [-0.05, 0) is 31.9 Å². The Balaban J connectivity index is 2.16. The van der Waals surface area contributed by atoms with Gasteiger partial charge in [0, 0.05) is 13.0 Å². The second kappa shape index (κ2) is 8.45. The van der Waals surface area contributed by atoms with Crippen molar-refractivity contribution in [3.8, 4) is 0 Å². The number of anilines is 1. The molecule has 1 N–H and O–H groups in total. The molecule has 0 aliphatic rings. The van der Waals surface area contributed by atoms with Gasteiger partial charge >= 0.3 is 5.97 Å². The lowest BCUT2D eigenvalue weighted by molar-refractivity contribution is -0.143. The number of hydrogen-bond donors (Lipinski definition) is 1. The molecule has 19 heavy (non-hydrogen) atoms. The lowest BCUT2D eigenvalue weighted by atomic mass is 10.2. The number of benzene rings is 1. The van der Waals surface area contributed by atoms with Crippen molar-refractivity contribution < 1.29 is 18.3 Å². The number of unbranched alkanes of at least 4 members (excludes halogenated alkanes) is 2. The van der Waals surface area contributed by atoms with Gasteiger partial charge in [-0.1, -0.05) is 12.5 Å². The molecule has 0 aliphatic carbocycles. The zero-order valence-electron chi connectivity index (χ0n) is 11.0. The fourth-order valence-corrected chi connectivity index (χ4v) is 1.68. The van der Waals surface area contributed by atoms with Gasteiger partial charge < -0.3 is 10.1 Å². The highest BCUT2D eigenvalue weighted by molar-refractivity contribution is 5.69. The van der Waals surface area contributed by atoms with Gasteiger partial charge in [-0.15, -0.1) is 0 Å². The number of esters is 1. The molecule has 5 heteroatoms. The number of hydrogen-bond acceptors (Lipinski definition) is 3. The Morgan fingerprint density at radius 2 is 1.89 bits per heavy atom. The van der Waals surface area contributed by atoms with Gasteiger partial charge in [-0.3, -0.25) is 4.79 Å². The minimum Gasteiger partial charge on any atom is -0.466 e. The van der Waals surface area contributed by atoms with Crippen molar-refractivity contribution in [2.24, 2.45) is 0 Å². The van der Waals surface area contributed by atoms with E-state index in [0.29, 0.717) is 19.6 Å². The van der Waals surface area contributed by atoms with Crippen LogP contribution in [0.25, 0.3) is 0 Å². The van der Waals surface area contributed by atoms with Crippen LogP contribution in [0.4, 0.5) is 14.5 Å². The third-order valence-electron chi connectivity index (χ3n) is 2.63. The molecule has 0 radical (unpaired) electrons. The van der Waals surface area contributed by atoms with E-state index in [2.05, 4.69) is 5.32 Å². The summed E-state index contributed by atoms with van der Waals surface area (Å²) >= 11 is 0. The molecule has 0 saturated carbocycles. The van der Waals surface area contributed by atoms with Gasteiger partial charge in [0.15, 0.2) is 0 Å². The summed E-state index contributed by atoms with van der Waals surface area (Å²) in [4.78, 5) is 11.0. The van der Waals surface area contributed by atoms with E-state index >= 15 is 0 Å². The summed E-state index contributed by atoms with van der Waals surface area (Å²) in [6, 6.07) is 3.76. The van der Waals surface area contributed by atoms with Crippen LogP contribution in [0.3, 0.4) is 0 Å². The Bertz CT molecular complexity index is 390. The van der Waals surface area contributed by atoms with Crippen molar-refractivity contribution in [1.29, 1.82) is 0 Å². The molecule has 0 aromatic heterocycles. The molecule has 0 amide bonds. The number of halogens is 2. The van der Waals surface area contributed by atoms with Crippen molar-refractivity contribution in [2.75, 3.05) is 18.5 Å². The van der Waals surface area contributed by atoms with Crippen molar-refractivity contribution >= 4 is 11.7 Å². The quantitative estimate of drug-likeness (QED) is 0.581. The van der Waals surface area contributed by atoms with Crippen LogP contribution in [0.2, 0.25) is 0 Å². The molecular formula is C14H19F2NO2. The molecular weight excluding hydrogens is 252 g/mol. The Kier molecular flexibility index (Phi) is 6.85. The first-order valence-corrected chi connectivity index (χ1v) is 6.48. The van der Waals surface area contributed by atoms with Crippen LogP contribution in [0.5, 0.6) is 0 Å². The molecule has 1 aromatic carbocycles. The molecule has 0 saturated heterocycles. The highest BCUT2D eigenvalue weighted by atomic mass is 19.1. The van der Waals surface area contributed by atoms with Gasteiger partial charge in [0.05, 0.1) is 6.61 Å². The summed E-state index contributed by atoms with van der Waals surface area (Å²) in [6.07, 6.45) is 2.66. The Labute approximate surface area is 112 Å². The Morgan fingerprint density at radius 3 is 2.53 bits per heavy atom. The first-order valence-electron chi connectivity index (χ1n) is 6.48. The topological polar surface area (TPSA) is 38.3 Å². The highest BCUT2D eigenvalue weighted by Crippen LogP contribution is 2.17. The number of para-hydroxylation sites is 1. The van der Waals surface area contributed by atoms with Gasteiger partial charge in [-0.2, -0.15) is 0 Å². The van der Waals surface area contributed by atoms with Crippen LogP contribution in [-0.2, 0) is 9.53 Å². The van der Waals surface area contributed by atoms with E-state index in [1.165, 1.54) is 18.2 Å². The molecule has 0 atom stereocenters. The molecule has 1 aromatic rings. The van der Waals surface area contributed by atoms with Gasteiger partial charge in [0.1, 0.15) is 17.3 Å². The average Bonchev–Trinajstić information content (AvgIpc) is 2.36. The minimum absolute atomic E-state index is 0.0899. The van der Waals surface area contributed by atoms with Crippen molar-refractivity contribution in [1.82, 2.24) is 0 Å². The average molecular weight is 271 g/mol. The monoisotopic (exact) mass is 271 g/mol. The van der Waals surface area contributed by atoms with E-state index < -0.39 is 11.6 Å². The summed E-state index contributed by atoms with van der Waals surface area (Å²) in [5.41, 5.74) is -0.0899. The standard InChI is InChI=1S/C14H19F2NO2/c1-2-19-13(18)9-4-3-5-10-17-14-11(15)7-6-8-12(14)16/h6-8,17H,2-5,9-10H2,1H3. The predicted octanol–water partition coefficient (Wildman–Crippen LogP) is 3.50. The van der Waals surface area contributed by atoms with E-state index in [0.717, 1.165) is 19.3 Å². The van der Waals surface area contributed by atoms with Crippen LogP contribution in [-0.4, -0.2) is 19.1 Å². The van der Waals surface area contributed by atoms with Crippen LogP contribution in [0.1, 0.15) is 32.6 Å². The maximum absolute atomic E-state index is 13.3. The molecule has 0 aliphatic heterocycles. The van der Waals surface area contributed by atoms with Crippen LogP contribution in [0, 0.1) is 11.6 Å². The summed E-state index contributed by atoms with van der Waals surface area (Å²) < 4.78 is 31.3. The molecule has 0 fully saturated rings. The molecule has 0 heterocycles. The summed E-state index contributed by atoms with van der Waals surface area (Å²) in [5, 5.41) is 2.73. The number of nitrogens with one attached hydrogen (secondary N) is 1. The van der Waals surface area contributed by atoms with Gasteiger partial charge in [0.25, 0.3) is 0 Å². The molecule has 0 unspecified atom stereocenters. The maximum atomic E-state index is 13.3. The lowest BCUT2D eigenvalue weighted by Gasteiger charge is -2.08. The molecule has 106 valence electrons. The lowest BCUT2D eigenvalue weighted by Crippen LogP contribution is -2.06. The van der Waals surface area contributed by atoms with Crippen molar-refractivity contribution in [3.63, 3.8) is 0 Å². The van der Waals surface area contributed by atoms with Gasteiger partial charge in [-0.25, -0.2) is 8.78 Å². The van der Waals surface area contributed by atoms with E-state index in [-0.39, 0.29) is 11.7 Å². The zero-order valence-corrected chi connectivity index (χ0v) is 11.0. The number of rotatable bonds is 8. The Hall–Kier alpha value is -1.65. The fraction of sp³-hybridized carbons (Fsp3) is 0.500. The zero-order chi connectivity index (χ0) is 14.1. The van der Waals surface area contributed by atoms with E-state index in [9.17, 15) is 13.6 Å². The number of carbonyl (C=O) groups excluding carboxylic acids is 1. The summed E-state index contributed by atoms with van der Waals surface area (Å²) in [5.74, 6) is -1.38. The molecule has 0 spiro atoms. The van der Waals surface area contributed by atoms with E-state index in [4.69, 9.17) is 4.74 Å². The van der Waals surface area contributed by atoms with Crippen molar-refractivity contribution in [3.05, 3.63) is 29.8 Å². The number of ether oxygens (including phenoxy) is 1. The van der Waals surface area contributed by atoms with Crippen LogP contribution < -0.4 is 5.32 Å². The smallest absolute Gasteiger partial charge is 0.305 e. The van der Waals surface area contributed by atoms with E-state index in [1.54, 1.807) is 6.92 Å². The van der Waals surface area contributed by atoms with Crippen molar-refractivity contribution in [2.45, 2.75) is 32.6 Å². The Morgan fingerprint density at radius 1 is 1.21 bits per heavy atom. The first-order chi connectivity index (χ1) is 9.15. The largest absolute Gasteiger partial charge is 0.466 e. The second-order valence-corrected chi connectivity index (χ2v) is 4.14. The highest BCUT2D eigenvalue weighted by Gasteiger charge is 2.06. The minimum atomic E-state index is -0.591. The normalized spacial score (nSPS) is 10.3. The third-order valence-corrected chi connectivity index (χ3v) is 2.63. The predicted molar refractivity (Wildman–Crippen MR) is 69.9 cm³/mol. The summed E-state index contributed by atoms with van der Waals surface area (Å²) in [7, 11) is 0. The fourth-order valence-electron chi connectivity index (χ4n) is 1.68. The van der Waals surface area contributed by atoms with Gasteiger partial charge in [0.2, 0.25) is 0 Å². The molecule has 1 rings (SSSR count). The SMILES string of the molecule is CCOC(=O)CCCCCNc1c(F)cccc1F. The van der Waals surface area contributed by atoms with E-state index in [1.807, 2.05) is 0 Å².